The molecule has 1 fully saturated rings. The molecule has 1 N–H and O–H groups in total. The third-order valence-corrected chi connectivity index (χ3v) is 5.42. The van der Waals surface area contributed by atoms with E-state index in [0.717, 1.165) is 18.4 Å². The standard InChI is InChI=1S/C21H21NO3/c23-19-13-7-5-11-17(19)21(25)16-10-4-6-12-18(16)22(20(21)24)14-15-8-2-1-3-9-15/h1-4,6,8-10,12,17,25H,5,7,11,13-14H2/t17?,21-/m1/s1. The van der Waals surface area contributed by atoms with Gasteiger partial charge >= 0.3 is 0 Å². The summed E-state index contributed by atoms with van der Waals surface area (Å²) in [4.78, 5) is 27.4. The summed E-state index contributed by atoms with van der Waals surface area (Å²) >= 11 is 0. The van der Waals surface area contributed by atoms with Crippen LogP contribution < -0.4 is 4.90 Å². The van der Waals surface area contributed by atoms with Gasteiger partial charge < -0.3 is 10.0 Å². The maximum absolute atomic E-state index is 13.3. The number of amides is 1. The van der Waals surface area contributed by atoms with Crippen molar-refractivity contribution in [1.29, 1.82) is 0 Å². The Labute approximate surface area is 147 Å². The van der Waals surface area contributed by atoms with Gasteiger partial charge in [0.25, 0.3) is 5.91 Å². The minimum Gasteiger partial charge on any atom is -0.375 e. The van der Waals surface area contributed by atoms with Crippen LogP contribution in [0, 0.1) is 5.92 Å². The molecule has 2 aromatic carbocycles. The van der Waals surface area contributed by atoms with Gasteiger partial charge in [0.05, 0.1) is 18.2 Å². The van der Waals surface area contributed by atoms with Crippen molar-refractivity contribution in [2.24, 2.45) is 5.92 Å². The summed E-state index contributed by atoms with van der Waals surface area (Å²) in [7, 11) is 0. The lowest BCUT2D eigenvalue weighted by Gasteiger charge is -2.33. The second kappa shape index (κ2) is 6.12. The predicted molar refractivity (Wildman–Crippen MR) is 94.9 cm³/mol. The van der Waals surface area contributed by atoms with Gasteiger partial charge in [0, 0.05) is 12.0 Å². The van der Waals surface area contributed by atoms with E-state index in [1.165, 1.54) is 0 Å². The number of hydrogen-bond donors (Lipinski definition) is 1. The quantitative estimate of drug-likeness (QED) is 0.937. The Bertz CT molecular complexity index is 817. The molecule has 0 spiro atoms. The van der Waals surface area contributed by atoms with Crippen molar-refractivity contribution in [2.45, 2.75) is 37.8 Å². The van der Waals surface area contributed by atoms with Gasteiger partial charge in [0.2, 0.25) is 0 Å². The van der Waals surface area contributed by atoms with Crippen molar-refractivity contribution in [3.8, 4) is 0 Å². The number of ketones is 1. The zero-order valence-corrected chi connectivity index (χ0v) is 14.0. The molecule has 2 aromatic rings. The number of hydrogen-bond acceptors (Lipinski definition) is 3. The number of fused-ring (bicyclic) bond motifs is 1. The molecule has 25 heavy (non-hydrogen) atoms. The monoisotopic (exact) mass is 335 g/mol. The molecule has 4 rings (SSSR count). The molecule has 2 aliphatic rings. The van der Waals surface area contributed by atoms with Gasteiger partial charge in [-0.15, -0.1) is 0 Å². The summed E-state index contributed by atoms with van der Waals surface area (Å²) < 4.78 is 0. The molecule has 128 valence electrons. The largest absolute Gasteiger partial charge is 0.375 e. The maximum atomic E-state index is 13.3. The van der Waals surface area contributed by atoms with Gasteiger partial charge in [-0.05, 0) is 24.5 Å². The molecule has 0 aromatic heterocycles. The van der Waals surface area contributed by atoms with E-state index in [0.29, 0.717) is 30.6 Å². The Morgan fingerprint density at radius 2 is 1.72 bits per heavy atom. The van der Waals surface area contributed by atoms with Crippen LogP contribution in [0.3, 0.4) is 0 Å². The number of rotatable bonds is 3. The molecule has 1 saturated carbocycles. The third kappa shape index (κ3) is 2.48. The summed E-state index contributed by atoms with van der Waals surface area (Å²) in [6, 6.07) is 17.0. The van der Waals surface area contributed by atoms with E-state index in [9.17, 15) is 14.7 Å². The zero-order chi connectivity index (χ0) is 17.4. The molecule has 0 radical (unpaired) electrons. The summed E-state index contributed by atoms with van der Waals surface area (Å²) in [6.07, 6.45) is 2.72. The summed E-state index contributed by atoms with van der Waals surface area (Å²) in [6.45, 7) is 0.389. The lowest BCUT2D eigenvalue weighted by atomic mass is 9.73. The smallest absolute Gasteiger partial charge is 0.264 e. The number of carbonyl (C=O) groups excluding carboxylic acids is 2. The van der Waals surface area contributed by atoms with Gasteiger partial charge in [-0.25, -0.2) is 0 Å². The Balaban J connectivity index is 1.77. The number of benzene rings is 2. The lowest BCUT2D eigenvalue weighted by Crippen LogP contribution is -2.49. The number of anilines is 1. The van der Waals surface area contributed by atoms with Crippen LogP contribution >= 0.6 is 0 Å². The van der Waals surface area contributed by atoms with Gasteiger partial charge in [0.15, 0.2) is 5.60 Å². The average molecular weight is 335 g/mol. The molecule has 1 aliphatic heterocycles. The minimum absolute atomic E-state index is 0.00142. The molecular weight excluding hydrogens is 314 g/mol. The van der Waals surface area contributed by atoms with Crippen LogP contribution in [0.5, 0.6) is 0 Å². The zero-order valence-electron chi connectivity index (χ0n) is 14.0. The molecule has 4 heteroatoms. The van der Waals surface area contributed by atoms with Gasteiger partial charge in [-0.2, -0.15) is 0 Å². The van der Waals surface area contributed by atoms with Crippen LogP contribution in [0.4, 0.5) is 5.69 Å². The van der Waals surface area contributed by atoms with Crippen LogP contribution in [0.25, 0.3) is 0 Å². The van der Waals surface area contributed by atoms with E-state index in [4.69, 9.17) is 0 Å². The first-order valence-corrected chi connectivity index (χ1v) is 8.83. The molecule has 1 heterocycles. The number of carbonyl (C=O) groups is 2. The van der Waals surface area contributed by atoms with Crippen LogP contribution in [-0.4, -0.2) is 16.8 Å². The molecule has 1 amide bonds. The molecule has 0 bridgehead atoms. The fourth-order valence-corrected chi connectivity index (χ4v) is 4.15. The summed E-state index contributed by atoms with van der Waals surface area (Å²) in [5.74, 6) is -1.02. The second-order valence-electron chi connectivity index (χ2n) is 6.93. The molecule has 4 nitrogen and oxygen atoms in total. The van der Waals surface area contributed by atoms with E-state index < -0.39 is 11.5 Å². The average Bonchev–Trinajstić information content (AvgIpc) is 2.86. The lowest BCUT2D eigenvalue weighted by molar-refractivity contribution is -0.152. The van der Waals surface area contributed by atoms with Crippen LogP contribution in [-0.2, 0) is 21.7 Å². The SMILES string of the molecule is O=C1CCCCC1[C@@]1(O)C(=O)N(Cc2ccccc2)c2ccccc21. The van der Waals surface area contributed by atoms with Crippen molar-refractivity contribution < 1.29 is 14.7 Å². The van der Waals surface area contributed by atoms with E-state index in [-0.39, 0.29) is 11.7 Å². The van der Waals surface area contributed by atoms with Crippen molar-refractivity contribution in [3.05, 3.63) is 65.7 Å². The number of aliphatic hydroxyl groups is 1. The Morgan fingerprint density at radius 3 is 2.48 bits per heavy atom. The Hall–Kier alpha value is -2.46. The highest BCUT2D eigenvalue weighted by molar-refractivity contribution is 6.09. The van der Waals surface area contributed by atoms with Gasteiger partial charge in [-0.1, -0.05) is 55.0 Å². The van der Waals surface area contributed by atoms with E-state index in [1.807, 2.05) is 48.5 Å². The van der Waals surface area contributed by atoms with Crippen LogP contribution in [0.2, 0.25) is 0 Å². The van der Waals surface area contributed by atoms with Crippen molar-refractivity contribution in [3.63, 3.8) is 0 Å². The summed E-state index contributed by atoms with van der Waals surface area (Å²) in [5, 5.41) is 11.4. The third-order valence-electron chi connectivity index (χ3n) is 5.42. The number of nitrogens with zero attached hydrogens (tertiary/aromatic N) is 1. The van der Waals surface area contributed by atoms with Crippen molar-refractivity contribution >= 4 is 17.4 Å². The highest BCUT2D eigenvalue weighted by Crippen LogP contribution is 2.48. The maximum Gasteiger partial charge on any atom is 0.264 e. The van der Waals surface area contributed by atoms with Crippen LogP contribution in [0.1, 0.15) is 36.8 Å². The topological polar surface area (TPSA) is 57.6 Å². The molecule has 2 atom stereocenters. The molecular formula is C21H21NO3. The highest BCUT2D eigenvalue weighted by atomic mass is 16.3. The minimum atomic E-state index is -1.73. The molecule has 1 unspecified atom stereocenters. The van der Waals surface area contributed by atoms with Crippen LogP contribution in [0.15, 0.2) is 54.6 Å². The first kappa shape index (κ1) is 16.0. The Kier molecular flexibility index (Phi) is 3.92. The van der Waals surface area contributed by atoms with Crippen molar-refractivity contribution in [2.75, 3.05) is 4.90 Å². The fraction of sp³-hybridized carbons (Fsp3) is 0.333. The first-order valence-electron chi connectivity index (χ1n) is 8.83. The normalized spacial score (nSPS) is 26.0. The fourth-order valence-electron chi connectivity index (χ4n) is 4.15. The van der Waals surface area contributed by atoms with E-state index in [1.54, 1.807) is 11.0 Å². The molecule has 1 aliphatic carbocycles. The van der Waals surface area contributed by atoms with E-state index in [2.05, 4.69) is 0 Å². The van der Waals surface area contributed by atoms with E-state index >= 15 is 0 Å². The Morgan fingerprint density at radius 1 is 1.00 bits per heavy atom. The predicted octanol–water partition coefficient (Wildman–Crippen LogP) is 3.18. The van der Waals surface area contributed by atoms with Gasteiger partial charge in [-0.3, -0.25) is 9.59 Å². The summed E-state index contributed by atoms with van der Waals surface area (Å²) in [5.41, 5.74) is 0.529. The highest BCUT2D eigenvalue weighted by Gasteiger charge is 2.56. The molecule has 0 saturated heterocycles. The number of Topliss-reactive ketones (excluding diaryl/α,β-unsaturated/α-hetero) is 1. The second-order valence-corrected chi connectivity index (χ2v) is 6.93. The number of para-hydroxylation sites is 1. The van der Waals surface area contributed by atoms with Crippen molar-refractivity contribution in [1.82, 2.24) is 0 Å². The first-order chi connectivity index (χ1) is 12.1. The van der Waals surface area contributed by atoms with Gasteiger partial charge in [0.1, 0.15) is 5.78 Å².